The van der Waals surface area contributed by atoms with Crippen LogP contribution in [-0.4, -0.2) is 9.13 Å². The van der Waals surface area contributed by atoms with Gasteiger partial charge < -0.3 is 9.13 Å². The highest BCUT2D eigenvalue weighted by atomic mass is 15.0. The first-order valence-corrected chi connectivity index (χ1v) is 16.3. The van der Waals surface area contributed by atoms with Crippen molar-refractivity contribution >= 4 is 43.6 Å². The highest BCUT2D eigenvalue weighted by molar-refractivity contribution is 6.12. The van der Waals surface area contributed by atoms with Crippen molar-refractivity contribution in [2.24, 2.45) is 0 Å². The first-order chi connectivity index (χ1) is 24.7. The smallest absolute Gasteiger partial charge is 0.101 e. The van der Waals surface area contributed by atoms with E-state index in [0.29, 0.717) is 16.7 Å². The Balaban J connectivity index is 1.13. The summed E-state index contributed by atoms with van der Waals surface area (Å²) in [5, 5.41) is 33.8. The maximum Gasteiger partial charge on any atom is 0.101 e. The van der Waals surface area contributed by atoms with Crippen LogP contribution in [0.5, 0.6) is 0 Å². The van der Waals surface area contributed by atoms with E-state index in [0.717, 1.165) is 77.2 Å². The molecule has 0 fully saturated rings. The Bertz CT molecular complexity index is 2940. The van der Waals surface area contributed by atoms with E-state index in [-0.39, 0.29) is 0 Å². The average molecular weight is 636 g/mol. The molecular weight excluding hydrogens is 611 g/mol. The highest BCUT2D eigenvalue weighted by Gasteiger charge is 2.19. The molecule has 0 saturated carbocycles. The van der Waals surface area contributed by atoms with Crippen LogP contribution in [0, 0.1) is 34.0 Å². The minimum Gasteiger partial charge on any atom is -0.309 e. The molecule has 0 aliphatic heterocycles. The third-order valence-electron chi connectivity index (χ3n) is 9.65. The molecule has 0 aliphatic rings. The number of aromatic nitrogens is 2. The van der Waals surface area contributed by atoms with E-state index < -0.39 is 0 Å². The molecule has 0 N–H and O–H groups in total. The van der Waals surface area contributed by atoms with Gasteiger partial charge in [0, 0.05) is 32.8 Å². The van der Waals surface area contributed by atoms with Crippen LogP contribution in [0.25, 0.3) is 77.2 Å². The van der Waals surface area contributed by atoms with Gasteiger partial charge in [-0.05, 0) is 77.4 Å². The van der Waals surface area contributed by atoms with Crippen LogP contribution in [0.4, 0.5) is 0 Å². The number of fused-ring (bicyclic) bond motifs is 6. The van der Waals surface area contributed by atoms with Crippen LogP contribution in [0.2, 0.25) is 0 Å². The van der Waals surface area contributed by atoms with E-state index in [2.05, 4.69) is 112 Å². The van der Waals surface area contributed by atoms with Gasteiger partial charge in [0.2, 0.25) is 0 Å². The fraction of sp³-hybridized carbons (Fsp3) is 0. The summed E-state index contributed by atoms with van der Waals surface area (Å²) in [5.41, 5.74) is 11.8. The lowest BCUT2D eigenvalue weighted by molar-refractivity contribution is 1.17. The standard InChI is InChI=1S/C45H25N5/c46-26-29-15-24-42-39(25-29)37-9-1-3-12-40(37)50(42)45-34(28-48)8-5-11-36(45)32-18-16-30(17-19-32)31-20-22-35(23-21-31)49-41-13-4-2-10-38(41)44-33(27-47)7-6-14-43(44)49/h1-25H. The van der Waals surface area contributed by atoms with E-state index in [1.54, 1.807) is 0 Å². The molecule has 5 nitrogen and oxygen atoms in total. The highest BCUT2D eigenvalue weighted by Crippen LogP contribution is 2.39. The summed E-state index contributed by atoms with van der Waals surface area (Å²) in [5.74, 6) is 0. The molecule has 0 atom stereocenters. The minimum atomic E-state index is 0.570. The Kier molecular flexibility index (Phi) is 6.56. The summed E-state index contributed by atoms with van der Waals surface area (Å²) >= 11 is 0. The molecule has 2 heterocycles. The van der Waals surface area contributed by atoms with Crippen molar-refractivity contribution in [1.82, 2.24) is 9.13 Å². The number of hydrogen-bond donors (Lipinski definition) is 0. The van der Waals surface area contributed by atoms with Crippen LogP contribution in [0.1, 0.15) is 16.7 Å². The van der Waals surface area contributed by atoms with E-state index in [9.17, 15) is 15.8 Å². The predicted molar refractivity (Wildman–Crippen MR) is 200 cm³/mol. The average Bonchev–Trinajstić information content (AvgIpc) is 3.70. The van der Waals surface area contributed by atoms with Gasteiger partial charge in [-0.15, -0.1) is 0 Å². The Morgan fingerprint density at radius 3 is 1.70 bits per heavy atom. The Morgan fingerprint density at radius 1 is 0.400 bits per heavy atom. The van der Waals surface area contributed by atoms with Crippen molar-refractivity contribution in [1.29, 1.82) is 15.8 Å². The second-order valence-electron chi connectivity index (χ2n) is 12.3. The molecule has 0 aliphatic carbocycles. The molecule has 2 aromatic heterocycles. The van der Waals surface area contributed by atoms with Gasteiger partial charge in [0.1, 0.15) is 6.07 Å². The van der Waals surface area contributed by atoms with E-state index >= 15 is 0 Å². The summed E-state index contributed by atoms with van der Waals surface area (Å²) in [4.78, 5) is 0. The van der Waals surface area contributed by atoms with Crippen molar-refractivity contribution in [2.45, 2.75) is 0 Å². The predicted octanol–water partition coefficient (Wildman–Crippen LogP) is 10.8. The quantitative estimate of drug-likeness (QED) is 0.193. The second kappa shape index (κ2) is 11.4. The molecule has 9 aromatic rings. The van der Waals surface area contributed by atoms with Gasteiger partial charge in [-0.25, -0.2) is 0 Å². The van der Waals surface area contributed by atoms with Crippen LogP contribution in [0.3, 0.4) is 0 Å². The van der Waals surface area contributed by atoms with Crippen molar-refractivity contribution in [3.8, 4) is 51.8 Å². The van der Waals surface area contributed by atoms with E-state index in [1.165, 1.54) is 0 Å². The number of hydrogen-bond acceptors (Lipinski definition) is 3. The SMILES string of the molecule is N#Cc1ccc2c(c1)c1ccccc1n2-c1c(C#N)cccc1-c1ccc(-c2ccc(-n3c4ccccc4c4c(C#N)cccc43)cc2)cc1. The maximum atomic E-state index is 10.3. The zero-order valence-corrected chi connectivity index (χ0v) is 26.7. The summed E-state index contributed by atoms with van der Waals surface area (Å²) in [6.07, 6.45) is 0. The van der Waals surface area contributed by atoms with E-state index in [1.807, 2.05) is 66.7 Å². The lowest BCUT2D eigenvalue weighted by atomic mass is 9.97. The molecule has 0 spiro atoms. The molecule has 0 amide bonds. The molecule has 50 heavy (non-hydrogen) atoms. The van der Waals surface area contributed by atoms with Gasteiger partial charge in [0.25, 0.3) is 0 Å². The third kappa shape index (κ3) is 4.31. The van der Waals surface area contributed by atoms with Crippen molar-refractivity contribution in [3.63, 3.8) is 0 Å². The van der Waals surface area contributed by atoms with Crippen LogP contribution >= 0.6 is 0 Å². The van der Waals surface area contributed by atoms with Gasteiger partial charge in [-0.3, -0.25) is 0 Å². The first kappa shape index (κ1) is 28.8. The lowest BCUT2D eigenvalue weighted by Crippen LogP contribution is -2.01. The number of benzene rings is 7. The van der Waals surface area contributed by atoms with Crippen LogP contribution < -0.4 is 0 Å². The van der Waals surface area contributed by atoms with Crippen molar-refractivity contribution in [3.05, 3.63) is 168 Å². The summed E-state index contributed by atoms with van der Waals surface area (Å²) in [6.45, 7) is 0. The molecule has 230 valence electrons. The van der Waals surface area contributed by atoms with Crippen LogP contribution in [-0.2, 0) is 0 Å². The summed E-state index contributed by atoms with van der Waals surface area (Å²) in [7, 11) is 0. The summed E-state index contributed by atoms with van der Waals surface area (Å²) in [6, 6.07) is 57.9. The van der Waals surface area contributed by atoms with Gasteiger partial charge in [-0.1, -0.05) is 91.0 Å². The molecule has 5 heteroatoms. The minimum absolute atomic E-state index is 0.570. The second-order valence-corrected chi connectivity index (χ2v) is 12.3. The van der Waals surface area contributed by atoms with Gasteiger partial charge in [-0.2, -0.15) is 15.8 Å². The Labute approximate surface area is 287 Å². The Hall–Kier alpha value is -7.39. The number of para-hydroxylation sites is 3. The van der Waals surface area contributed by atoms with Gasteiger partial charge in [0.05, 0.1) is 56.6 Å². The molecule has 7 aromatic carbocycles. The number of nitriles is 3. The maximum absolute atomic E-state index is 10.3. The molecule has 0 bridgehead atoms. The monoisotopic (exact) mass is 635 g/mol. The topological polar surface area (TPSA) is 81.2 Å². The zero-order chi connectivity index (χ0) is 33.8. The summed E-state index contributed by atoms with van der Waals surface area (Å²) < 4.78 is 4.37. The molecule has 9 rings (SSSR count). The first-order valence-electron chi connectivity index (χ1n) is 16.3. The fourth-order valence-corrected chi connectivity index (χ4v) is 7.43. The number of rotatable bonds is 4. The molecular formula is C45H25N5. The van der Waals surface area contributed by atoms with Gasteiger partial charge >= 0.3 is 0 Å². The Morgan fingerprint density at radius 2 is 0.980 bits per heavy atom. The molecule has 0 unspecified atom stereocenters. The molecule has 0 radical (unpaired) electrons. The van der Waals surface area contributed by atoms with Crippen molar-refractivity contribution in [2.75, 3.05) is 0 Å². The third-order valence-corrected chi connectivity index (χ3v) is 9.65. The normalized spacial score (nSPS) is 11.1. The number of nitrogens with zero attached hydrogens (tertiary/aromatic N) is 5. The largest absolute Gasteiger partial charge is 0.309 e. The fourth-order valence-electron chi connectivity index (χ4n) is 7.43. The van der Waals surface area contributed by atoms with E-state index in [4.69, 9.17) is 0 Å². The van der Waals surface area contributed by atoms with Gasteiger partial charge in [0.15, 0.2) is 0 Å². The molecule has 0 saturated heterocycles. The van der Waals surface area contributed by atoms with Crippen LogP contribution in [0.15, 0.2) is 152 Å². The lowest BCUT2D eigenvalue weighted by Gasteiger charge is -2.16. The van der Waals surface area contributed by atoms with Crippen molar-refractivity contribution < 1.29 is 0 Å². The zero-order valence-electron chi connectivity index (χ0n) is 26.7.